The number of carboxylic acids is 1. The van der Waals surface area contributed by atoms with E-state index >= 15 is 0 Å². The quantitative estimate of drug-likeness (QED) is 0.837. The molecule has 0 spiro atoms. The highest BCUT2D eigenvalue weighted by molar-refractivity contribution is 5.99. The summed E-state index contributed by atoms with van der Waals surface area (Å²) in [7, 11) is 0. The number of likely N-dealkylation sites (tertiary alicyclic amines) is 1. The van der Waals surface area contributed by atoms with Crippen LogP contribution in [0.4, 0.5) is 4.79 Å². The maximum atomic E-state index is 11.9. The minimum absolute atomic E-state index is 0.131. The molecule has 1 heterocycles. The van der Waals surface area contributed by atoms with Crippen LogP contribution >= 0.6 is 0 Å². The van der Waals surface area contributed by atoms with Crippen LogP contribution in [-0.2, 0) is 9.53 Å². The van der Waals surface area contributed by atoms with E-state index in [2.05, 4.69) is 0 Å². The van der Waals surface area contributed by atoms with E-state index in [1.807, 2.05) is 6.92 Å². The summed E-state index contributed by atoms with van der Waals surface area (Å²) < 4.78 is 10.5. The molecule has 7 nitrogen and oxygen atoms in total. The zero-order chi connectivity index (χ0) is 16.3. The van der Waals surface area contributed by atoms with Gasteiger partial charge in [-0.05, 0) is 37.6 Å². The zero-order valence-corrected chi connectivity index (χ0v) is 12.3. The summed E-state index contributed by atoms with van der Waals surface area (Å²) in [5.74, 6) is -1.39. The van der Waals surface area contributed by atoms with E-state index in [1.54, 1.807) is 6.92 Å². The van der Waals surface area contributed by atoms with Crippen molar-refractivity contribution in [2.45, 2.75) is 26.5 Å². The van der Waals surface area contributed by atoms with Crippen molar-refractivity contribution in [2.75, 3.05) is 6.61 Å². The van der Waals surface area contributed by atoms with E-state index < -0.39 is 24.2 Å². The predicted octanol–water partition coefficient (Wildman–Crippen LogP) is 2.11. The van der Waals surface area contributed by atoms with Gasteiger partial charge in [-0.15, -0.1) is 0 Å². The molecular formula is C15H17NO6. The number of β-lactam (4-membered cyclic amide) rings is 1. The van der Waals surface area contributed by atoms with E-state index in [1.165, 1.54) is 24.3 Å². The second kappa shape index (κ2) is 6.46. The van der Waals surface area contributed by atoms with Crippen molar-refractivity contribution in [1.29, 1.82) is 0 Å². The van der Waals surface area contributed by atoms with Gasteiger partial charge in [0.25, 0.3) is 0 Å². The summed E-state index contributed by atoms with van der Waals surface area (Å²) in [6, 6.07) is 5.77. The summed E-state index contributed by atoms with van der Waals surface area (Å²) in [5, 5.41) is 8.85. The molecule has 2 amide bonds. The Bertz CT molecular complexity index is 574. The second-order valence-corrected chi connectivity index (χ2v) is 4.76. The Hall–Kier alpha value is -2.57. The summed E-state index contributed by atoms with van der Waals surface area (Å²) >= 11 is 0. The van der Waals surface area contributed by atoms with Gasteiger partial charge in [-0.3, -0.25) is 4.79 Å². The van der Waals surface area contributed by atoms with Gasteiger partial charge in [0.1, 0.15) is 5.75 Å². The first-order valence-electron chi connectivity index (χ1n) is 6.99. The third kappa shape index (κ3) is 2.88. The van der Waals surface area contributed by atoms with Crippen LogP contribution in [0.2, 0.25) is 0 Å². The number of nitrogens with zero attached hydrogens (tertiary/aromatic N) is 1. The van der Waals surface area contributed by atoms with Crippen molar-refractivity contribution in [1.82, 2.24) is 4.90 Å². The number of rotatable bonds is 5. The summed E-state index contributed by atoms with van der Waals surface area (Å²) in [6.07, 6.45) is -0.927. The number of hydrogen-bond donors (Lipinski definition) is 1. The molecule has 1 saturated heterocycles. The minimum Gasteiger partial charge on any atom is -0.478 e. The predicted molar refractivity (Wildman–Crippen MR) is 75.5 cm³/mol. The van der Waals surface area contributed by atoms with Gasteiger partial charge in [0, 0.05) is 0 Å². The molecule has 1 aromatic carbocycles. The normalized spacial score (nSPS) is 20.3. The fourth-order valence-corrected chi connectivity index (χ4v) is 2.24. The number of benzene rings is 1. The lowest BCUT2D eigenvalue weighted by molar-refractivity contribution is -0.170. The molecule has 2 rings (SSSR count). The molecule has 2 atom stereocenters. The molecule has 1 fully saturated rings. The van der Waals surface area contributed by atoms with Gasteiger partial charge in [-0.25, -0.2) is 14.5 Å². The van der Waals surface area contributed by atoms with Crippen LogP contribution in [0.1, 0.15) is 30.6 Å². The molecule has 1 aliphatic heterocycles. The van der Waals surface area contributed by atoms with E-state index in [0.717, 1.165) is 4.90 Å². The number of carbonyl (C=O) groups excluding carboxylic acids is 2. The number of imide groups is 1. The molecule has 1 aromatic rings. The van der Waals surface area contributed by atoms with E-state index in [9.17, 15) is 14.4 Å². The van der Waals surface area contributed by atoms with Gasteiger partial charge in [-0.2, -0.15) is 0 Å². The smallest absolute Gasteiger partial charge is 0.419 e. The minimum atomic E-state index is -1.04. The van der Waals surface area contributed by atoms with Crippen molar-refractivity contribution in [3.8, 4) is 5.75 Å². The molecule has 0 aromatic heterocycles. The van der Waals surface area contributed by atoms with Gasteiger partial charge >= 0.3 is 12.1 Å². The highest BCUT2D eigenvalue weighted by Crippen LogP contribution is 2.32. The van der Waals surface area contributed by atoms with E-state index in [4.69, 9.17) is 14.6 Å². The van der Waals surface area contributed by atoms with Crippen LogP contribution in [0.25, 0.3) is 0 Å². The highest BCUT2D eigenvalue weighted by Gasteiger charge is 2.52. The third-order valence-electron chi connectivity index (χ3n) is 3.42. The van der Waals surface area contributed by atoms with Crippen molar-refractivity contribution in [3.05, 3.63) is 29.8 Å². The number of carbonyl (C=O) groups is 3. The number of ether oxygens (including phenoxy) is 2. The molecule has 0 saturated carbocycles. The van der Waals surface area contributed by atoms with Crippen LogP contribution in [0, 0.1) is 5.92 Å². The summed E-state index contributed by atoms with van der Waals surface area (Å²) in [6.45, 7) is 3.65. The topological polar surface area (TPSA) is 93.1 Å². The largest absolute Gasteiger partial charge is 0.478 e. The van der Waals surface area contributed by atoms with Gasteiger partial charge in [0.05, 0.1) is 18.1 Å². The molecule has 0 aliphatic carbocycles. The van der Waals surface area contributed by atoms with E-state index in [0.29, 0.717) is 12.2 Å². The lowest BCUT2D eigenvalue weighted by Gasteiger charge is -2.43. The Balaban J connectivity index is 2.12. The number of aromatic carboxylic acids is 1. The first kappa shape index (κ1) is 15.8. The van der Waals surface area contributed by atoms with Crippen molar-refractivity contribution in [3.63, 3.8) is 0 Å². The molecule has 1 N–H and O–H groups in total. The monoisotopic (exact) mass is 307 g/mol. The average molecular weight is 307 g/mol. The number of amides is 2. The number of carboxylic acid groups (broad SMARTS) is 1. The van der Waals surface area contributed by atoms with Crippen molar-refractivity contribution < 1.29 is 29.0 Å². The van der Waals surface area contributed by atoms with Gasteiger partial charge in [-0.1, -0.05) is 6.92 Å². The van der Waals surface area contributed by atoms with Crippen LogP contribution in [0.3, 0.4) is 0 Å². The fourth-order valence-electron chi connectivity index (χ4n) is 2.24. The maximum absolute atomic E-state index is 11.9. The molecule has 118 valence electrons. The zero-order valence-electron chi connectivity index (χ0n) is 12.3. The molecule has 7 heteroatoms. The first-order valence-corrected chi connectivity index (χ1v) is 6.99. The Morgan fingerprint density at radius 2 is 1.86 bits per heavy atom. The molecular weight excluding hydrogens is 290 g/mol. The molecule has 22 heavy (non-hydrogen) atoms. The van der Waals surface area contributed by atoms with Crippen LogP contribution in [0.15, 0.2) is 24.3 Å². The van der Waals surface area contributed by atoms with Gasteiger partial charge in [0.2, 0.25) is 5.91 Å². The standard InChI is InChI=1S/C15H17NO6/c1-3-11-12(17)16(15(20)21-4-2)13(11)22-10-7-5-9(6-8-10)14(18)19/h5-8,11,13H,3-4H2,1-2H3,(H,18,19)/t11-,13+/m1/s1. The molecule has 0 unspecified atom stereocenters. The van der Waals surface area contributed by atoms with Crippen molar-refractivity contribution in [2.24, 2.45) is 5.92 Å². The average Bonchev–Trinajstić information content (AvgIpc) is 2.48. The summed E-state index contributed by atoms with van der Waals surface area (Å²) in [5.41, 5.74) is 0.131. The fraction of sp³-hybridized carbons (Fsp3) is 0.400. The van der Waals surface area contributed by atoms with Gasteiger partial charge < -0.3 is 14.6 Å². The molecule has 1 aliphatic rings. The Labute approximate surface area is 127 Å². The molecule has 0 bridgehead atoms. The third-order valence-corrected chi connectivity index (χ3v) is 3.42. The first-order chi connectivity index (χ1) is 10.5. The van der Waals surface area contributed by atoms with Gasteiger partial charge in [0.15, 0.2) is 6.23 Å². The van der Waals surface area contributed by atoms with Crippen LogP contribution < -0.4 is 4.74 Å². The summed E-state index contributed by atoms with van der Waals surface area (Å²) in [4.78, 5) is 35.4. The Kier molecular flexibility index (Phi) is 4.65. The Morgan fingerprint density at radius 1 is 1.23 bits per heavy atom. The SMILES string of the molecule is CCOC(=O)N1C(=O)[C@@H](CC)[C@@H]1Oc1ccc(C(=O)O)cc1. The maximum Gasteiger partial charge on any atom is 0.419 e. The van der Waals surface area contributed by atoms with Crippen molar-refractivity contribution >= 4 is 18.0 Å². The van der Waals surface area contributed by atoms with Crippen LogP contribution in [0.5, 0.6) is 5.75 Å². The second-order valence-electron chi connectivity index (χ2n) is 4.76. The Morgan fingerprint density at radius 3 is 2.36 bits per heavy atom. The number of hydrogen-bond acceptors (Lipinski definition) is 5. The lowest BCUT2D eigenvalue weighted by Crippen LogP contribution is -2.65. The van der Waals surface area contributed by atoms with E-state index in [-0.39, 0.29) is 18.1 Å². The highest BCUT2D eigenvalue weighted by atomic mass is 16.6. The van der Waals surface area contributed by atoms with Crippen LogP contribution in [-0.4, -0.2) is 40.8 Å². The molecule has 0 radical (unpaired) electrons. The lowest BCUT2D eigenvalue weighted by atomic mass is 9.93.